The van der Waals surface area contributed by atoms with Gasteiger partial charge in [0, 0.05) is 29.6 Å². The van der Waals surface area contributed by atoms with Crippen LogP contribution in [0.3, 0.4) is 0 Å². The molecule has 1 unspecified atom stereocenters. The van der Waals surface area contributed by atoms with Gasteiger partial charge in [0.25, 0.3) is 0 Å². The Labute approximate surface area is 171 Å². The third kappa shape index (κ3) is 4.56. The van der Waals surface area contributed by atoms with E-state index in [0.717, 1.165) is 52.2 Å². The maximum Gasteiger partial charge on any atom is 0.223 e. The smallest absolute Gasteiger partial charge is 0.223 e. The maximum atomic E-state index is 12.4. The maximum absolute atomic E-state index is 12.4. The highest BCUT2D eigenvalue weighted by Gasteiger charge is 2.21. The molecule has 5 heteroatoms. The summed E-state index contributed by atoms with van der Waals surface area (Å²) in [4.78, 5) is 21.5. The first-order valence-corrected chi connectivity index (χ1v) is 10.4. The zero-order chi connectivity index (χ0) is 20.4. The van der Waals surface area contributed by atoms with Crippen LogP contribution >= 0.6 is 0 Å². The van der Waals surface area contributed by atoms with Gasteiger partial charge >= 0.3 is 0 Å². The van der Waals surface area contributed by atoms with Crippen molar-refractivity contribution in [3.8, 4) is 11.3 Å². The summed E-state index contributed by atoms with van der Waals surface area (Å²) < 4.78 is 0. The van der Waals surface area contributed by atoms with E-state index in [9.17, 15) is 4.79 Å². The van der Waals surface area contributed by atoms with Crippen molar-refractivity contribution in [2.45, 2.75) is 39.5 Å². The van der Waals surface area contributed by atoms with Gasteiger partial charge in [-0.15, -0.1) is 0 Å². The predicted molar refractivity (Wildman–Crippen MR) is 117 cm³/mol. The molecule has 2 heterocycles. The highest BCUT2D eigenvalue weighted by Crippen LogP contribution is 2.31. The Hall–Kier alpha value is -2.95. The van der Waals surface area contributed by atoms with Crippen LogP contribution in [0.15, 0.2) is 42.6 Å². The first kappa shape index (κ1) is 19.4. The van der Waals surface area contributed by atoms with Gasteiger partial charge in [-0.1, -0.05) is 31.9 Å². The van der Waals surface area contributed by atoms with E-state index in [1.807, 2.05) is 31.3 Å². The predicted octanol–water partition coefficient (Wildman–Crippen LogP) is 4.28. The van der Waals surface area contributed by atoms with Crippen molar-refractivity contribution >= 4 is 22.6 Å². The standard InChI is InChI=1S/C24H28N4O/c1-15-4-3-10-26-22(15)18-7-8-21-19(13-18)14-20(23(25)28-21)12-16(2)24(29)27-11-9-17-5-6-17/h3-4,7-8,10,13-14,16-17H,5-6,9,11-12H2,1-2H3,(H2,25,28)(H,27,29). The Balaban J connectivity index is 1.53. The number of anilines is 1. The van der Waals surface area contributed by atoms with Crippen LogP contribution in [0, 0.1) is 18.8 Å². The zero-order valence-corrected chi connectivity index (χ0v) is 17.1. The number of nitrogen functional groups attached to an aromatic ring is 1. The first-order valence-electron chi connectivity index (χ1n) is 10.4. The Morgan fingerprint density at radius 2 is 2.10 bits per heavy atom. The summed E-state index contributed by atoms with van der Waals surface area (Å²) in [5.41, 5.74) is 11.1. The van der Waals surface area contributed by atoms with Gasteiger partial charge in [0.05, 0.1) is 11.2 Å². The number of nitrogens with one attached hydrogen (secondary N) is 1. The Morgan fingerprint density at radius 3 is 2.86 bits per heavy atom. The fourth-order valence-electron chi connectivity index (χ4n) is 3.74. The third-order valence-corrected chi connectivity index (χ3v) is 5.73. The van der Waals surface area contributed by atoms with Crippen LogP contribution < -0.4 is 11.1 Å². The summed E-state index contributed by atoms with van der Waals surface area (Å²) in [5, 5.41) is 4.07. The lowest BCUT2D eigenvalue weighted by atomic mass is 9.98. The molecule has 1 aliphatic carbocycles. The minimum atomic E-state index is -0.142. The minimum absolute atomic E-state index is 0.0861. The number of pyridine rings is 2. The quantitative estimate of drug-likeness (QED) is 0.633. The van der Waals surface area contributed by atoms with Gasteiger partial charge in [-0.05, 0) is 61.1 Å². The number of hydrogen-bond donors (Lipinski definition) is 2. The van der Waals surface area contributed by atoms with Crippen LogP contribution in [-0.4, -0.2) is 22.4 Å². The molecule has 0 saturated heterocycles. The van der Waals surface area contributed by atoms with E-state index in [-0.39, 0.29) is 11.8 Å². The molecule has 1 aromatic carbocycles. The molecule has 0 bridgehead atoms. The second kappa shape index (κ2) is 8.19. The van der Waals surface area contributed by atoms with Gasteiger partial charge in [0.2, 0.25) is 5.91 Å². The van der Waals surface area contributed by atoms with Crippen LogP contribution in [0.1, 0.15) is 37.3 Å². The minimum Gasteiger partial charge on any atom is -0.383 e. The highest BCUT2D eigenvalue weighted by atomic mass is 16.1. The van der Waals surface area contributed by atoms with Gasteiger partial charge in [-0.25, -0.2) is 4.98 Å². The molecule has 1 atom stereocenters. The Morgan fingerprint density at radius 1 is 1.28 bits per heavy atom. The molecule has 1 saturated carbocycles. The molecule has 0 radical (unpaired) electrons. The van der Waals surface area contributed by atoms with E-state index in [1.54, 1.807) is 0 Å². The van der Waals surface area contributed by atoms with E-state index in [0.29, 0.717) is 12.2 Å². The molecule has 1 aliphatic rings. The summed E-state index contributed by atoms with van der Waals surface area (Å²) in [6.07, 6.45) is 6.10. The van der Waals surface area contributed by atoms with Crippen molar-refractivity contribution in [3.63, 3.8) is 0 Å². The second-order valence-electron chi connectivity index (χ2n) is 8.24. The molecule has 29 heavy (non-hydrogen) atoms. The number of aryl methyl sites for hydroxylation is 1. The van der Waals surface area contributed by atoms with Crippen molar-refractivity contribution < 1.29 is 4.79 Å². The number of carbonyl (C=O) groups is 1. The van der Waals surface area contributed by atoms with E-state index in [4.69, 9.17) is 5.73 Å². The molecule has 3 N–H and O–H groups in total. The molecule has 4 rings (SSSR count). The molecular formula is C24H28N4O. The summed E-state index contributed by atoms with van der Waals surface area (Å²) >= 11 is 0. The van der Waals surface area contributed by atoms with Crippen LogP contribution in [0.2, 0.25) is 0 Å². The van der Waals surface area contributed by atoms with Gasteiger partial charge in [0.1, 0.15) is 5.82 Å². The summed E-state index contributed by atoms with van der Waals surface area (Å²) in [7, 11) is 0. The van der Waals surface area contributed by atoms with Crippen LogP contribution in [0.5, 0.6) is 0 Å². The number of benzene rings is 1. The van der Waals surface area contributed by atoms with Crippen molar-refractivity contribution in [3.05, 3.63) is 53.7 Å². The summed E-state index contributed by atoms with van der Waals surface area (Å²) in [6.45, 7) is 4.78. The lowest BCUT2D eigenvalue weighted by Crippen LogP contribution is -2.31. The fourth-order valence-corrected chi connectivity index (χ4v) is 3.74. The monoisotopic (exact) mass is 388 g/mol. The molecule has 0 spiro atoms. The zero-order valence-electron chi connectivity index (χ0n) is 17.1. The molecule has 1 amide bonds. The largest absolute Gasteiger partial charge is 0.383 e. The molecule has 1 fully saturated rings. The van der Waals surface area contributed by atoms with Crippen LogP contribution in [0.25, 0.3) is 22.2 Å². The van der Waals surface area contributed by atoms with Gasteiger partial charge < -0.3 is 11.1 Å². The van der Waals surface area contributed by atoms with Crippen LogP contribution in [-0.2, 0) is 11.2 Å². The van der Waals surface area contributed by atoms with Crippen molar-refractivity contribution in [1.29, 1.82) is 0 Å². The topological polar surface area (TPSA) is 80.9 Å². The van der Waals surface area contributed by atoms with Crippen molar-refractivity contribution in [2.24, 2.45) is 11.8 Å². The highest BCUT2D eigenvalue weighted by molar-refractivity contribution is 5.86. The van der Waals surface area contributed by atoms with E-state index in [2.05, 4.69) is 40.4 Å². The van der Waals surface area contributed by atoms with Gasteiger partial charge in [0.15, 0.2) is 0 Å². The molecule has 2 aromatic heterocycles. The molecule has 0 aliphatic heterocycles. The number of aromatic nitrogens is 2. The lowest BCUT2D eigenvalue weighted by molar-refractivity contribution is -0.124. The van der Waals surface area contributed by atoms with Crippen LogP contribution in [0.4, 0.5) is 5.82 Å². The third-order valence-electron chi connectivity index (χ3n) is 5.73. The lowest BCUT2D eigenvalue weighted by Gasteiger charge is -2.14. The number of nitrogens with zero attached hydrogens (tertiary/aromatic N) is 2. The Bertz CT molecular complexity index is 1040. The van der Waals surface area contributed by atoms with E-state index in [1.165, 1.54) is 12.8 Å². The molecule has 3 aromatic rings. The number of rotatable bonds is 7. The van der Waals surface area contributed by atoms with E-state index < -0.39 is 0 Å². The Kier molecular flexibility index (Phi) is 5.47. The summed E-state index contributed by atoms with van der Waals surface area (Å²) in [6, 6.07) is 12.2. The number of hydrogen-bond acceptors (Lipinski definition) is 4. The SMILES string of the molecule is Cc1cccnc1-c1ccc2nc(N)c(CC(C)C(=O)NCCC3CC3)cc2c1. The normalized spacial score (nSPS) is 14.7. The number of fused-ring (bicyclic) bond motifs is 1. The molecule has 150 valence electrons. The summed E-state index contributed by atoms with van der Waals surface area (Å²) in [5.74, 6) is 1.26. The number of amides is 1. The fraction of sp³-hybridized carbons (Fsp3) is 0.375. The molecular weight excluding hydrogens is 360 g/mol. The molecule has 5 nitrogen and oxygen atoms in total. The van der Waals surface area contributed by atoms with Crippen molar-refractivity contribution in [2.75, 3.05) is 12.3 Å². The average molecular weight is 389 g/mol. The van der Waals surface area contributed by atoms with Gasteiger partial charge in [-0.3, -0.25) is 9.78 Å². The van der Waals surface area contributed by atoms with Gasteiger partial charge in [-0.2, -0.15) is 0 Å². The second-order valence-corrected chi connectivity index (χ2v) is 8.24. The first-order chi connectivity index (χ1) is 14.0. The average Bonchev–Trinajstić information content (AvgIpc) is 3.53. The number of carbonyl (C=O) groups excluding carboxylic acids is 1. The van der Waals surface area contributed by atoms with E-state index >= 15 is 0 Å². The number of nitrogens with two attached hydrogens (primary N) is 1. The van der Waals surface area contributed by atoms with Crippen molar-refractivity contribution in [1.82, 2.24) is 15.3 Å².